The number of amides is 1. The second kappa shape index (κ2) is 6.91. The van der Waals surface area contributed by atoms with Gasteiger partial charge in [-0.2, -0.15) is 0 Å². The number of aromatic nitrogens is 1. The Kier molecular flexibility index (Phi) is 5.19. The highest BCUT2D eigenvalue weighted by Gasteiger charge is 2.16. The molecule has 1 heterocycles. The van der Waals surface area contributed by atoms with Crippen molar-refractivity contribution in [2.75, 3.05) is 11.1 Å². The van der Waals surface area contributed by atoms with Gasteiger partial charge in [-0.25, -0.2) is 4.98 Å². The smallest absolute Gasteiger partial charge is 0.265 e. The third kappa shape index (κ3) is 4.44. The molecule has 21 heavy (non-hydrogen) atoms. The van der Waals surface area contributed by atoms with E-state index in [1.165, 1.54) is 11.3 Å². The number of nitrogens with two attached hydrogens (primary N) is 1. The van der Waals surface area contributed by atoms with E-state index in [1.54, 1.807) is 0 Å². The fraction of sp³-hybridized carbons (Fsp3) is 0.286. The van der Waals surface area contributed by atoms with E-state index in [4.69, 9.17) is 5.73 Å². The number of carbonyl (C=O) groups excluding carboxylic acids is 1. The van der Waals surface area contributed by atoms with Gasteiger partial charge in [0, 0.05) is 17.1 Å². The van der Waals surface area contributed by atoms with E-state index in [0.717, 1.165) is 10.0 Å². The van der Waals surface area contributed by atoms with Crippen molar-refractivity contribution in [3.8, 4) is 0 Å². The van der Waals surface area contributed by atoms with Crippen molar-refractivity contribution in [3.63, 3.8) is 0 Å². The molecule has 0 aliphatic carbocycles. The van der Waals surface area contributed by atoms with Gasteiger partial charge in [0.1, 0.15) is 10.7 Å². The van der Waals surface area contributed by atoms with Gasteiger partial charge >= 0.3 is 0 Å². The van der Waals surface area contributed by atoms with Gasteiger partial charge in [0.2, 0.25) is 0 Å². The Morgan fingerprint density at radius 3 is 2.67 bits per heavy atom. The lowest BCUT2D eigenvalue weighted by atomic mass is 10.2. The molecule has 1 aromatic heterocycles. The lowest BCUT2D eigenvalue weighted by Crippen LogP contribution is -2.22. The number of carbonyl (C=O) groups is 1. The van der Waals surface area contributed by atoms with Crippen LogP contribution in [-0.4, -0.2) is 16.9 Å². The van der Waals surface area contributed by atoms with Crippen molar-refractivity contribution in [1.82, 2.24) is 10.3 Å². The summed E-state index contributed by atoms with van der Waals surface area (Å²) in [6, 6.07) is 8.02. The molecule has 0 aliphatic heterocycles. The average Bonchev–Trinajstić information content (AvgIpc) is 2.77. The number of benzene rings is 1. The summed E-state index contributed by atoms with van der Waals surface area (Å²) in [6.45, 7) is 4.46. The summed E-state index contributed by atoms with van der Waals surface area (Å²) in [5.41, 5.74) is 6.82. The number of nitrogens with one attached hydrogen (secondary N) is 2. The van der Waals surface area contributed by atoms with Crippen LogP contribution >= 0.6 is 27.3 Å². The quantitative estimate of drug-likeness (QED) is 0.756. The van der Waals surface area contributed by atoms with Crippen molar-refractivity contribution >= 4 is 44.1 Å². The Morgan fingerprint density at radius 2 is 2.05 bits per heavy atom. The Morgan fingerprint density at radius 1 is 1.38 bits per heavy atom. The molecule has 0 atom stereocenters. The van der Waals surface area contributed by atoms with Crippen LogP contribution in [0.5, 0.6) is 0 Å². The minimum atomic E-state index is -0.204. The number of nitrogens with zero attached hydrogens (tertiary/aromatic N) is 1. The number of anilines is 2. The summed E-state index contributed by atoms with van der Waals surface area (Å²) in [6.07, 6.45) is 0. The first-order valence-corrected chi connectivity index (χ1v) is 8.12. The number of rotatable bonds is 5. The van der Waals surface area contributed by atoms with Crippen LogP contribution in [0.25, 0.3) is 0 Å². The number of halogens is 1. The maximum absolute atomic E-state index is 12.1. The van der Waals surface area contributed by atoms with Crippen molar-refractivity contribution in [1.29, 1.82) is 0 Å². The highest BCUT2D eigenvalue weighted by atomic mass is 79.9. The lowest BCUT2D eigenvalue weighted by Gasteiger charge is -2.05. The first-order chi connectivity index (χ1) is 9.95. The standard InChI is InChI=1S/C14H17BrN4OS/c1-8(2)18-14-19-12(16)11(21-14)13(20)17-7-9-3-5-10(15)6-4-9/h3-6,8H,7,16H2,1-2H3,(H,17,20)(H,18,19). The van der Waals surface area contributed by atoms with Crippen LogP contribution in [0, 0.1) is 0 Å². The fourth-order valence-electron chi connectivity index (χ4n) is 1.67. The Bertz CT molecular complexity index is 624. The third-order valence-electron chi connectivity index (χ3n) is 2.64. The molecule has 0 spiro atoms. The number of thiazole rings is 1. The van der Waals surface area contributed by atoms with Crippen molar-refractivity contribution in [2.45, 2.75) is 26.4 Å². The fourth-order valence-corrected chi connectivity index (χ4v) is 2.88. The molecular formula is C14H17BrN4OS. The van der Waals surface area contributed by atoms with E-state index >= 15 is 0 Å². The summed E-state index contributed by atoms with van der Waals surface area (Å²) in [5.74, 6) is 0.0566. The van der Waals surface area contributed by atoms with Gasteiger partial charge < -0.3 is 16.4 Å². The lowest BCUT2D eigenvalue weighted by molar-refractivity contribution is 0.0955. The molecule has 0 fully saturated rings. The van der Waals surface area contributed by atoms with Crippen LogP contribution in [0.4, 0.5) is 10.9 Å². The van der Waals surface area contributed by atoms with Gasteiger partial charge in [-0.3, -0.25) is 4.79 Å². The molecule has 0 saturated heterocycles. The Balaban J connectivity index is 2.00. The van der Waals surface area contributed by atoms with Gasteiger partial charge in [-0.05, 0) is 31.5 Å². The maximum Gasteiger partial charge on any atom is 0.265 e. The first kappa shape index (κ1) is 15.8. The van der Waals surface area contributed by atoms with Crippen LogP contribution in [-0.2, 0) is 6.54 Å². The van der Waals surface area contributed by atoms with E-state index in [1.807, 2.05) is 38.1 Å². The number of hydrogen-bond donors (Lipinski definition) is 3. The molecule has 2 aromatic rings. The molecule has 2 rings (SSSR count). The number of nitrogen functional groups attached to an aromatic ring is 1. The van der Waals surface area contributed by atoms with Gasteiger partial charge in [0.05, 0.1) is 0 Å². The van der Waals surface area contributed by atoms with Crippen LogP contribution < -0.4 is 16.4 Å². The molecule has 112 valence electrons. The summed E-state index contributed by atoms with van der Waals surface area (Å²) < 4.78 is 1.01. The molecular weight excluding hydrogens is 352 g/mol. The first-order valence-electron chi connectivity index (χ1n) is 6.51. The third-order valence-corrected chi connectivity index (χ3v) is 4.17. The van der Waals surface area contributed by atoms with Crippen molar-refractivity contribution < 1.29 is 4.79 Å². The Hall–Kier alpha value is -1.60. The van der Waals surface area contributed by atoms with Crippen molar-refractivity contribution in [3.05, 3.63) is 39.2 Å². The predicted molar refractivity (Wildman–Crippen MR) is 90.6 cm³/mol. The van der Waals surface area contributed by atoms with Gasteiger partial charge in [-0.1, -0.05) is 39.4 Å². The van der Waals surface area contributed by atoms with E-state index in [0.29, 0.717) is 16.6 Å². The van der Waals surface area contributed by atoms with Gasteiger partial charge in [0.25, 0.3) is 5.91 Å². The highest BCUT2D eigenvalue weighted by molar-refractivity contribution is 9.10. The predicted octanol–water partition coefficient (Wildman–Crippen LogP) is 3.24. The monoisotopic (exact) mass is 368 g/mol. The van der Waals surface area contributed by atoms with E-state index in [-0.39, 0.29) is 17.8 Å². The number of hydrogen-bond acceptors (Lipinski definition) is 5. The molecule has 1 aromatic carbocycles. The molecule has 4 N–H and O–H groups in total. The van der Waals surface area contributed by atoms with Crippen LogP contribution in [0.1, 0.15) is 29.1 Å². The molecule has 0 unspecified atom stereocenters. The van der Waals surface area contributed by atoms with E-state index in [2.05, 4.69) is 31.5 Å². The summed E-state index contributed by atoms with van der Waals surface area (Å²) in [4.78, 5) is 16.7. The molecule has 0 radical (unpaired) electrons. The zero-order valence-electron chi connectivity index (χ0n) is 11.8. The minimum Gasteiger partial charge on any atom is -0.382 e. The molecule has 0 bridgehead atoms. The second-order valence-electron chi connectivity index (χ2n) is 4.84. The van der Waals surface area contributed by atoms with Gasteiger partial charge in [0.15, 0.2) is 5.13 Å². The average molecular weight is 369 g/mol. The molecule has 5 nitrogen and oxygen atoms in total. The topological polar surface area (TPSA) is 80.0 Å². The van der Waals surface area contributed by atoms with Crippen molar-refractivity contribution in [2.24, 2.45) is 0 Å². The zero-order valence-corrected chi connectivity index (χ0v) is 14.2. The Labute approximate surface area is 136 Å². The highest BCUT2D eigenvalue weighted by Crippen LogP contribution is 2.25. The minimum absolute atomic E-state index is 0.204. The van der Waals surface area contributed by atoms with E-state index < -0.39 is 0 Å². The van der Waals surface area contributed by atoms with Crippen LogP contribution in [0.15, 0.2) is 28.7 Å². The zero-order chi connectivity index (χ0) is 15.4. The van der Waals surface area contributed by atoms with E-state index in [9.17, 15) is 4.79 Å². The SMILES string of the molecule is CC(C)Nc1nc(N)c(C(=O)NCc2ccc(Br)cc2)s1. The largest absolute Gasteiger partial charge is 0.382 e. The normalized spacial score (nSPS) is 10.7. The summed E-state index contributed by atoms with van der Waals surface area (Å²) in [7, 11) is 0. The molecule has 0 saturated carbocycles. The van der Waals surface area contributed by atoms with Crippen LogP contribution in [0.2, 0.25) is 0 Å². The second-order valence-corrected chi connectivity index (χ2v) is 6.76. The maximum atomic E-state index is 12.1. The van der Waals surface area contributed by atoms with Crippen LogP contribution in [0.3, 0.4) is 0 Å². The summed E-state index contributed by atoms with van der Waals surface area (Å²) in [5, 5.41) is 6.66. The summed E-state index contributed by atoms with van der Waals surface area (Å²) >= 11 is 4.64. The molecule has 7 heteroatoms. The van der Waals surface area contributed by atoms with Gasteiger partial charge in [-0.15, -0.1) is 0 Å². The molecule has 0 aliphatic rings. The molecule has 1 amide bonds.